The van der Waals surface area contributed by atoms with Crippen LogP contribution in [0, 0.1) is 0 Å². The fourth-order valence-electron chi connectivity index (χ4n) is 1.38. The average Bonchev–Trinajstić information content (AvgIpc) is 2.26. The van der Waals surface area contributed by atoms with Crippen molar-refractivity contribution in [3.8, 4) is 0 Å². The van der Waals surface area contributed by atoms with Crippen molar-refractivity contribution in [3.05, 3.63) is 0 Å². The summed E-state index contributed by atoms with van der Waals surface area (Å²) in [5.74, 6) is -0.670. The predicted molar refractivity (Wildman–Crippen MR) is 70.8 cm³/mol. The van der Waals surface area contributed by atoms with Gasteiger partial charge in [0.05, 0.1) is 0 Å². The van der Waals surface area contributed by atoms with Crippen LogP contribution in [0.2, 0.25) is 0 Å². The average molecular weight is 230 g/mol. The van der Waals surface area contributed by atoms with Crippen LogP contribution >= 0.6 is 0 Å². The molecule has 0 atom stereocenters. The van der Waals surface area contributed by atoms with Crippen LogP contribution in [0.3, 0.4) is 0 Å². The molecule has 0 saturated carbocycles. The second-order valence-electron chi connectivity index (χ2n) is 4.27. The molecule has 0 heterocycles. The lowest BCUT2D eigenvalue weighted by Crippen LogP contribution is -1.93. The van der Waals surface area contributed by atoms with Crippen LogP contribution in [-0.2, 0) is 4.79 Å². The van der Waals surface area contributed by atoms with Gasteiger partial charge in [0.15, 0.2) is 0 Å². The molecule has 0 spiro atoms. The maximum absolute atomic E-state index is 10.0. The number of carboxylic acid groups (broad SMARTS) is 1. The molecule has 2 nitrogen and oxygen atoms in total. The Morgan fingerprint density at radius 2 is 1.12 bits per heavy atom. The molecule has 0 aliphatic rings. The maximum atomic E-state index is 10.0. The summed E-state index contributed by atoms with van der Waals surface area (Å²) < 4.78 is 0. The zero-order valence-corrected chi connectivity index (χ0v) is 11.4. The molecule has 1 N–H and O–H groups in total. The van der Waals surface area contributed by atoms with Crippen LogP contribution in [0.1, 0.15) is 85.0 Å². The molecule has 0 aliphatic heterocycles. The lowest BCUT2D eigenvalue weighted by molar-refractivity contribution is -0.137. The minimum absolute atomic E-state index is 0.337. The molecule has 98 valence electrons. The van der Waals surface area contributed by atoms with Gasteiger partial charge in [0.25, 0.3) is 0 Å². The van der Waals surface area contributed by atoms with Crippen molar-refractivity contribution in [1.82, 2.24) is 0 Å². The maximum Gasteiger partial charge on any atom is 0.303 e. The van der Waals surface area contributed by atoms with E-state index < -0.39 is 5.97 Å². The van der Waals surface area contributed by atoms with Gasteiger partial charge in [-0.25, -0.2) is 0 Å². The van der Waals surface area contributed by atoms with Crippen LogP contribution in [0.4, 0.5) is 0 Å². The first kappa shape index (κ1) is 17.9. The number of carboxylic acids is 1. The monoisotopic (exact) mass is 230 g/mol. The van der Waals surface area contributed by atoms with Gasteiger partial charge in [-0.15, -0.1) is 0 Å². The molecule has 0 aromatic rings. The van der Waals surface area contributed by atoms with Crippen LogP contribution in [0.25, 0.3) is 0 Å². The van der Waals surface area contributed by atoms with E-state index in [2.05, 4.69) is 20.8 Å². The number of rotatable bonds is 9. The van der Waals surface area contributed by atoms with Crippen molar-refractivity contribution in [1.29, 1.82) is 0 Å². The van der Waals surface area contributed by atoms with Crippen LogP contribution < -0.4 is 0 Å². The number of carbonyl (C=O) groups is 1. The highest BCUT2D eigenvalue weighted by molar-refractivity contribution is 5.66. The van der Waals surface area contributed by atoms with E-state index in [9.17, 15) is 4.79 Å². The third kappa shape index (κ3) is 23.4. The Kier molecular flexibility index (Phi) is 18.8. The summed E-state index contributed by atoms with van der Waals surface area (Å²) in [5, 5.41) is 8.27. The van der Waals surface area contributed by atoms with E-state index in [1.165, 1.54) is 44.9 Å². The number of hydrogen-bond acceptors (Lipinski definition) is 1. The van der Waals surface area contributed by atoms with Gasteiger partial charge in [-0.05, 0) is 6.42 Å². The van der Waals surface area contributed by atoms with Gasteiger partial charge in [0, 0.05) is 6.42 Å². The van der Waals surface area contributed by atoms with Gasteiger partial charge < -0.3 is 5.11 Å². The molecule has 0 aromatic heterocycles. The smallest absolute Gasteiger partial charge is 0.303 e. The SMILES string of the molecule is CCCCCC.CCCCCCCC(=O)O. The normalized spacial score (nSPS) is 9.44. The van der Waals surface area contributed by atoms with Crippen molar-refractivity contribution >= 4 is 5.97 Å². The minimum atomic E-state index is -0.670. The van der Waals surface area contributed by atoms with Crippen molar-refractivity contribution in [2.75, 3.05) is 0 Å². The molecule has 0 aromatic carbocycles. The minimum Gasteiger partial charge on any atom is -0.481 e. The van der Waals surface area contributed by atoms with Crippen LogP contribution in [-0.4, -0.2) is 11.1 Å². The first-order valence-electron chi connectivity index (χ1n) is 6.90. The Hall–Kier alpha value is -0.530. The highest BCUT2D eigenvalue weighted by Gasteiger charge is 1.94. The van der Waals surface area contributed by atoms with E-state index in [0.29, 0.717) is 6.42 Å². The van der Waals surface area contributed by atoms with E-state index >= 15 is 0 Å². The third-order valence-corrected chi connectivity index (χ3v) is 2.45. The fourth-order valence-corrected chi connectivity index (χ4v) is 1.38. The van der Waals surface area contributed by atoms with Crippen molar-refractivity contribution < 1.29 is 9.90 Å². The van der Waals surface area contributed by atoms with Gasteiger partial charge in [0.1, 0.15) is 0 Å². The number of hydrogen-bond donors (Lipinski definition) is 1. The lowest BCUT2D eigenvalue weighted by Gasteiger charge is -1.95. The lowest BCUT2D eigenvalue weighted by atomic mass is 10.1. The van der Waals surface area contributed by atoms with Gasteiger partial charge in [0.2, 0.25) is 0 Å². The van der Waals surface area contributed by atoms with Gasteiger partial charge in [-0.1, -0.05) is 72.1 Å². The standard InChI is InChI=1S/C8H16O2.C6H14/c1-2-3-4-5-6-7-8(9)10;1-3-5-6-4-2/h2-7H2,1H3,(H,9,10);3-6H2,1-2H3. The number of aliphatic carboxylic acids is 1. The van der Waals surface area contributed by atoms with E-state index in [1.54, 1.807) is 0 Å². The summed E-state index contributed by atoms with van der Waals surface area (Å²) in [6, 6.07) is 0. The van der Waals surface area contributed by atoms with Gasteiger partial charge in [-0.2, -0.15) is 0 Å². The molecule has 0 bridgehead atoms. The van der Waals surface area contributed by atoms with E-state index in [4.69, 9.17) is 5.11 Å². The van der Waals surface area contributed by atoms with Crippen LogP contribution in [0.15, 0.2) is 0 Å². The quantitative estimate of drug-likeness (QED) is 0.565. The first-order chi connectivity index (χ1) is 7.68. The second kappa shape index (κ2) is 16.9. The molecule has 0 amide bonds. The molecule has 2 heteroatoms. The van der Waals surface area contributed by atoms with Gasteiger partial charge >= 0.3 is 5.97 Å². The Bertz CT molecular complexity index is 129. The van der Waals surface area contributed by atoms with E-state index in [0.717, 1.165) is 12.8 Å². The first-order valence-corrected chi connectivity index (χ1v) is 6.90. The molecule has 0 aliphatic carbocycles. The molecular weight excluding hydrogens is 200 g/mol. The highest BCUT2D eigenvalue weighted by atomic mass is 16.4. The summed E-state index contributed by atoms with van der Waals surface area (Å²) in [7, 11) is 0. The molecule has 0 radical (unpaired) electrons. The second-order valence-corrected chi connectivity index (χ2v) is 4.27. The summed E-state index contributed by atoms with van der Waals surface area (Å²) in [5.41, 5.74) is 0. The topological polar surface area (TPSA) is 37.3 Å². The predicted octanol–water partition coefficient (Wildman–Crippen LogP) is 5.02. The molecular formula is C14H30O2. The van der Waals surface area contributed by atoms with Crippen LogP contribution in [0.5, 0.6) is 0 Å². The van der Waals surface area contributed by atoms with Crippen molar-refractivity contribution in [2.45, 2.75) is 85.0 Å². The summed E-state index contributed by atoms with van der Waals surface area (Å²) >= 11 is 0. The summed E-state index contributed by atoms with van der Waals surface area (Å²) in [4.78, 5) is 10.0. The molecule has 0 saturated heterocycles. The molecule has 0 fully saturated rings. The molecule has 0 rings (SSSR count). The molecule has 16 heavy (non-hydrogen) atoms. The zero-order valence-electron chi connectivity index (χ0n) is 11.4. The zero-order chi connectivity index (χ0) is 12.6. The summed E-state index contributed by atoms with van der Waals surface area (Å²) in [6.07, 6.45) is 11.4. The molecule has 0 unspecified atom stereocenters. The van der Waals surface area contributed by atoms with E-state index in [1.807, 2.05) is 0 Å². The van der Waals surface area contributed by atoms with Crippen molar-refractivity contribution in [3.63, 3.8) is 0 Å². The van der Waals surface area contributed by atoms with Gasteiger partial charge in [-0.3, -0.25) is 4.79 Å². The highest BCUT2D eigenvalue weighted by Crippen LogP contribution is 2.04. The number of unbranched alkanes of at least 4 members (excludes halogenated alkanes) is 7. The Balaban J connectivity index is 0. The fraction of sp³-hybridized carbons (Fsp3) is 0.929. The Morgan fingerprint density at radius 1 is 0.750 bits per heavy atom. The Labute approximate surface area is 101 Å². The van der Waals surface area contributed by atoms with Crippen molar-refractivity contribution in [2.24, 2.45) is 0 Å². The van der Waals surface area contributed by atoms with E-state index in [-0.39, 0.29) is 0 Å². The summed E-state index contributed by atoms with van der Waals surface area (Å²) in [6.45, 7) is 6.61. The Morgan fingerprint density at radius 3 is 1.50 bits per heavy atom. The largest absolute Gasteiger partial charge is 0.481 e. The third-order valence-electron chi connectivity index (χ3n) is 2.45.